The van der Waals surface area contributed by atoms with Crippen LogP contribution in [0.25, 0.3) is 0 Å². The van der Waals surface area contributed by atoms with Crippen LogP contribution >= 0.6 is 0 Å². The number of benzene rings is 1. The van der Waals surface area contributed by atoms with Gasteiger partial charge < -0.3 is 20.3 Å². The molecule has 1 atom stereocenters. The van der Waals surface area contributed by atoms with Crippen molar-refractivity contribution >= 4 is 35.0 Å². The summed E-state index contributed by atoms with van der Waals surface area (Å²) < 4.78 is 6.53. The van der Waals surface area contributed by atoms with Crippen molar-refractivity contribution in [2.45, 2.75) is 78.4 Å². The Kier molecular flexibility index (Phi) is 11.8. The second kappa shape index (κ2) is 14.7. The summed E-state index contributed by atoms with van der Waals surface area (Å²) in [5.41, 5.74) is 5.39. The van der Waals surface area contributed by atoms with Gasteiger partial charge in [-0.25, -0.2) is 4.79 Å². The smallest absolute Gasteiger partial charge is 0.330 e. The molecular weight excluding hydrogens is 490 g/mol. The first-order chi connectivity index (χ1) is 18.1. The predicted octanol–water partition coefficient (Wildman–Crippen LogP) is 2.82. The number of amides is 2. The van der Waals surface area contributed by atoms with Gasteiger partial charge in [-0.05, 0) is 31.9 Å². The molecule has 1 aromatic heterocycles. The number of rotatable bonds is 14. The molecule has 2 rings (SSSR count). The summed E-state index contributed by atoms with van der Waals surface area (Å²) >= 11 is 0. The van der Waals surface area contributed by atoms with Crippen molar-refractivity contribution in [3.8, 4) is 0 Å². The van der Waals surface area contributed by atoms with E-state index >= 15 is 0 Å². The number of unbranched alkanes of at least 4 members (excludes halogenated alkanes) is 3. The van der Waals surface area contributed by atoms with E-state index in [1.165, 1.54) is 21.3 Å². The summed E-state index contributed by atoms with van der Waals surface area (Å²) in [6.45, 7) is 5.95. The van der Waals surface area contributed by atoms with Gasteiger partial charge in [0, 0.05) is 32.2 Å². The molecule has 0 aliphatic heterocycles. The molecule has 0 aliphatic rings. The first kappa shape index (κ1) is 30.3. The molecule has 0 unspecified atom stereocenters. The molecule has 0 aliphatic carbocycles. The normalized spacial score (nSPS) is 11.6. The van der Waals surface area contributed by atoms with Crippen LogP contribution in [0, 0.1) is 0 Å². The number of carbonyl (C=O) groups is 3. The zero-order valence-electron chi connectivity index (χ0n) is 22.7. The number of nitrogen functional groups attached to an aromatic ring is 1. The summed E-state index contributed by atoms with van der Waals surface area (Å²) in [5.74, 6) is -1.71. The highest BCUT2D eigenvalue weighted by molar-refractivity contribution is 5.98. The first-order valence-electron chi connectivity index (χ1n) is 13.1. The number of anilines is 3. The van der Waals surface area contributed by atoms with Crippen molar-refractivity contribution in [3.05, 3.63) is 51.2 Å². The molecular formula is C27H39N5O6. The molecule has 0 saturated heterocycles. The largest absolute Gasteiger partial charge is 0.453 e. The molecule has 1 heterocycles. The lowest BCUT2D eigenvalue weighted by Crippen LogP contribution is -2.42. The number of aromatic nitrogens is 2. The number of H-pyrrole nitrogens is 1. The lowest BCUT2D eigenvalue weighted by Gasteiger charge is -2.25. The van der Waals surface area contributed by atoms with E-state index in [4.69, 9.17) is 10.5 Å². The monoisotopic (exact) mass is 529 g/mol. The maximum Gasteiger partial charge on any atom is 0.330 e. The fourth-order valence-electron chi connectivity index (χ4n) is 3.96. The number of ether oxygens (including phenoxy) is 1. The quantitative estimate of drug-likeness (QED) is 0.282. The number of para-hydroxylation sites is 1. The zero-order chi connectivity index (χ0) is 28.2. The van der Waals surface area contributed by atoms with Crippen LogP contribution < -0.4 is 26.8 Å². The molecule has 11 heteroatoms. The minimum atomic E-state index is -1.05. The Morgan fingerprint density at radius 3 is 2.32 bits per heavy atom. The highest BCUT2D eigenvalue weighted by Gasteiger charge is 2.26. The maximum atomic E-state index is 13.2. The van der Waals surface area contributed by atoms with Crippen LogP contribution in [-0.2, 0) is 25.7 Å². The third-order valence-electron chi connectivity index (χ3n) is 6.18. The highest BCUT2D eigenvalue weighted by atomic mass is 16.5. The molecule has 11 nitrogen and oxygen atoms in total. The Bertz CT molecular complexity index is 1210. The minimum Gasteiger partial charge on any atom is -0.453 e. The van der Waals surface area contributed by atoms with Gasteiger partial charge >= 0.3 is 11.7 Å². The average Bonchev–Trinajstić information content (AvgIpc) is 2.90. The third-order valence-corrected chi connectivity index (χ3v) is 6.18. The lowest BCUT2D eigenvalue weighted by atomic mass is 10.2. The Morgan fingerprint density at radius 1 is 1.03 bits per heavy atom. The number of nitrogens with zero attached hydrogens (tertiary/aromatic N) is 3. The molecule has 0 spiro atoms. The van der Waals surface area contributed by atoms with Crippen LogP contribution in [-0.4, -0.2) is 47.0 Å². The molecule has 0 bridgehead atoms. The second-order valence-electron chi connectivity index (χ2n) is 9.12. The van der Waals surface area contributed by atoms with Gasteiger partial charge in [0.05, 0.1) is 6.42 Å². The number of hydrogen-bond acceptors (Lipinski definition) is 7. The first-order valence-corrected chi connectivity index (χ1v) is 13.1. The fraction of sp³-hybridized carbons (Fsp3) is 0.519. The van der Waals surface area contributed by atoms with E-state index in [-0.39, 0.29) is 30.9 Å². The van der Waals surface area contributed by atoms with Crippen LogP contribution in [0.15, 0.2) is 39.9 Å². The molecule has 1 aromatic carbocycles. The average molecular weight is 530 g/mol. The summed E-state index contributed by atoms with van der Waals surface area (Å²) in [5, 5.41) is 0. The van der Waals surface area contributed by atoms with Gasteiger partial charge in [0.2, 0.25) is 5.91 Å². The van der Waals surface area contributed by atoms with Crippen LogP contribution in [0.2, 0.25) is 0 Å². The van der Waals surface area contributed by atoms with Crippen LogP contribution in [0.3, 0.4) is 0 Å². The number of nitrogens with one attached hydrogen (secondary N) is 1. The van der Waals surface area contributed by atoms with Gasteiger partial charge in [0.15, 0.2) is 11.8 Å². The van der Waals surface area contributed by atoms with Gasteiger partial charge in [0.25, 0.3) is 11.5 Å². The SMILES string of the molecule is CCCCCN(C(=O)CCC(=O)O[C@H](C)C(=O)N(C)c1ccccc1)c1c(N)n(CCCC)c(=O)[nH]c1=O. The number of nitrogens with two attached hydrogens (primary N) is 1. The van der Waals surface area contributed by atoms with Gasteiger partial charge in [0.1, 0.15) is 5.82 Å². The van der Waals surface area contributed by atoms with Crippen molar-refractivity contribution in [1.82, 2.24) is 9.55 Å². The van der Waals surface area contributed by atoms with Crippen LogP contribution in [0.5, 0.6) is 0 Å². The van der Waals surface area contributed by atoms with E-state index in [9.17, 15) is 24.0 Å². The summed E-state index contributed by atoms with van der Waals surface area (Å²) in [6, 6.07) is 8.94. The van der Waals surface area contributed by atoms with Gasteiger partial charge in [-0.1, -0.05) is 51.3 Å². The van der Waals surface area contributed by atoms with Crippen molar-refractivity contribution in [1.29, 1.82) is 0 Å². The van der Waals surface area contributed by atoms with E-state index in [2.05, 4.69) is 4.98 Å². The zero-order valence-corrected chi connectivity index (χ0v) is 22.7. The van der Waals surface area contributed by atoms with Gasteiger partial charge in [-0.2, -0.15) is 0 Å². The predicted molar refractivity (Wildman–Crippen MR) is 147 cm³/mol. The Labute approximate surface area is 222 Å². The standard InChI is InChI=1S/C27H39N5O6/c1-5-7-12-18-31(23-24(28)32(17-8-6-2)27(37)29-25(23)35)21(33)15-16-22(34)38-19(3)26(36)30(4)20-13-10-9-11-14-20/h9-11,13-14,19H,5-8,12,15-18,28H2,1-4H3,(H,29,35,37)/t19-/m1/s1. The van der Waals surface area contributed by atoms with Gasteiger partial charge in [-0.3, -0.25) is 28.7 Å². The maximum absolute atomic E-state index is 13.2. The second-order valence-corrected chi connectivity index (χ2v) is 9.12. The molecule has 2 aromatic rings. The van der Waals surface area contributed by atoms with Crippen LogP contribution in [0.4, 0.5) is 17.2 Å². The summed E-state index contributed by atoms with van der Waals surface area (Å²) in [6.07, 6.45) is 2.19. The lowest BCUT2D eigenvalue weighted by molar-refractivity contribution is -0.154. The Hall–Kier alpha value is -3.89. The van der Waals surface area contributed by atoms with Crippen molar-refractivity contribution in [2.24, 2.45) is 0 Å². The molecule has 38 heavy (non-hydrogen) atoms. The van der Waals surface area contributed by atoms with Crippen molar-refractivity contribution in [3.63, 3.8) is 0 Å². The fourth-order valence-corrected chi connectivity index (χ4v) is 3.96. The van der Waals surface area contributed by atoms with E-state index < -0.39 is 35.1 Å². The van der Waals surface area contributed by atoms with E-state index in [1.54, 1.807) is 31.3 Å². The molecule has 208 valence electrons. The number of hydrogen-bond donors (Lipinski definition) is 2. The van der Waals surface area contributed by atoms with Gasteiger partial charge in [-0.15, -0.1) is 0 Å². The number of esters is 1. The van der Waals surface area contributed by atoms with E-state index in [0.29, 0.717) is 25.1 Å². The van der Waals surface area contributed by atoms with Crippen molar-refractivity contribution < 1.29 is 19.1 Å². The Morgan fingerprint density at radius 2 is 1.68 bits per heavy atom. The van der Waals surface area contributed by atoms with Crippen molar-refractivity contribution in [2.75, 3.05) is 29.1 Å². The topological polar surface area (TPSA) is 148 Å². The number of likely N-dealkylation sites (N-methyl/N-ethyl adjacent to an activating group) is 1. The van der Waals surface area contributed by atoms with Crippen LogP contribution in [0.1, 0.15) is 65.7 Å². The number of carbonyl (C=O) groups excluding carboxylic acids is 3. The summed E-state index contributed by atoms with van der Waals surface area (Å²) in [7, 11) is 1.58. The molecule has 0 radical (unpaired) electrons. The molecule has 2 amide bonds. The minimum absolute atomic E-state index is 0.0807. The highest BCUT2D eigenvalue weighted by Crippen LogP contribution is 2.20. The third kappa shape index (κ3) is 8.06. The molecule has 3 N–H and O–H groups in total. The summed E-state index contributed by atoms with van der Waals surface area (Å²) in [4.78, 5) is 68.3. The van der Waals surface area contributed by atoms with E-state index in [0.717, 1.165) is 19.3 Å². The van der Waals surface area contributed by atoms with E-state index in [1.807, 2.05) is 19.9 Å². The Balaban J connectivity index is 2.14. The molecule has 0 fully saturated rings. The number of aromatic amines is 1. The molecule has 0 saturated carbocycles.